The normalized spacial score (nSPS) is 11.9. The van der Waals surface area contributed by atoms with Crippen molar-refractivity contribution in [3.63, 3.8) is 0 Å². The van der Waals surface area contributed by atoms with Crippen molar-refractivity contribution in [2.24, 2.45) is 0 Å². The van der Waals surface area contributed by atoms with E-state index in [1.54, 1.807) is 0 Å². The summed E-state index contributed by atoms with van der Waals surface area (Å²) in [5, 5.41) is 12.6. The average Bonchev–Trinajstić information content (AvgIpc) is 3.65. The van der Waals surface area contributed by atoms with Crippen molar-refractivity contribution in [2.75, 3.05) is 0 Å². The van der Waals surface area contributed by atoms with Gasteiger partial charge in [-0.2, -0.15) is 0 Å². The Bertz CT molecular complexity index is 2860. The van der Waals surface area contributed by atoms with Crippen molar-refractivity contribution in [2.45, 2.75) is 52.4 Å². The standard InChI is InChI=1S/C56H49N3O/c1-55(2,3)43-35-47(53(60)48(36-43)56(4,5)6)54-58-51-44(41-32-40(37-20-10-7-11-21-37)33-42(34-41)49-29-16-17-31-57-49)26-19-30-50(51)59(54)52-45(38-22-12-8-13-23-38)27-18-28-46(52)39-24-14-9-15-25-39/h7-36,60H,1-6H3. The fourth-order valence-electron chi connectivity index (χ4n) is 8.30. The lowest BCUT2D eigenvalue weighted by Crippen LogP contribution is -2.17. The Kier molecular flexibility index (Phi) is 9.80. The van der Waals surface area contributed by atoms with Crippen molar-refractivity contribution >= 4 is 11.0 Å². The molecule has 294 valence electrons. The maximum absolute atomic E-state index is 12.6. The smallest absolute Gasteiger partial charge is 0.149 e. The van der Waals surface area contributed by atoms with Crippen LogP contribution in [-0.2, 0) is 10.8 Å². The molecule has 0 atom stereocenters. The number of hydrogen-bond acceptors (Lipinski definition) is 3. The van der Waals surface area contributed by atoms with Crippen LogP contribution >= 0.6 is 0 Å². The van der Waals surface area contributed by atoms with Gasteiger partial charge in [0.2, 0.25) is 0 Å². The molecule has 2 aromatic heterocycles. The summed E-state index contributed by atoms with van der Waals surface area (Å²) < 4.78 is 2.30. The minimum atomic E-state index is -0.334. The molecule has 0 bridgehead atoms. The molecule has 9 aromatic rings. The van der Waals surface area contributed by atoms with E-state index < -0.39 is 0 Å². The van der Waals surface area contributed by atoms with E-state index in [0.29, 0.717) is 11.4 Å². The SMILES string of the molecule is CC(C)(C)c1cc(-c2nc3c(-c4cc(-c5ccccc5)cc(-c5ccccn5)c4)cccc3n2-c2c(-c3ccccc3)cccc2-c2ccccc2)c(O)c(C(C)(C)C)c1. The maximum Gasteiger partial charge on any atom is 0.149 e. The minimum absolute atomic E-state index is 0.193. The molecular weight excluding hydrogens is 731 g/mol. The highest BCUT2D eigenvalue weighted by atomic mass is 16.3. The number of rotatable bonds is 7. The van der Waals surface area contributed by atoms with Crippen molar-refractivity contribution < 1.29 is 5.11 Å². The molecule has 4 nitrogen and oxygen atoms in total. The van der Waals surface area contributed by atoms with E-state index in [2.05, 4.69) is 204 Å². The summed E-state index contributed by atoms with van der Waals surface area (Å²) in [7, 11) is 0. The largest absolute Gasteiger partial charge is 0.507 e. The maximum atomic E-state index is 12.6. The van der Waals surface area contributed by atoms with Crippen LogP contribution in [0.1, 0.15) is 52.7 Å². The molecule has 0 radical (unpaired) electrons. The molecular formula is C56H49N3O. The van der Waals surface area contributed by atoms with Crippen LogP contribution in [0.5, 0.6) is 5.75 Å². The molecule has 0 aliphatic heterocycles. The summed E-state index contributed by atoms with van der Waals surface area (Å²) >= 11 is 0. The molecule has 0 unspecified atom stereocenters. The number of hydrogen-bond donors (Lipinski definition) is 1. The van der Waals surface area contributed by atoms with Gasteiger partial charge in [-0.25, -0.2) is 4.98 Å². The first kappa shape index (κ1) is 38.5. The Labute approximate surface area is 353 Å². The summed E-state index contributed by atoms with van der Waals surface area (Å²) in [5.74, 6) is 0.923. The van der Waals surface area contributed by atoms with Gasteiger partial charge in [0.1, 0.15) is 11.6 Å². The van der Waals surface area contributed by atoms with Crippen LogP contribution in [0, 0.1) is 0 Å². The van der Waals surface area contributed by atoms with E-state index >= 15 is 0 Å². The number of aromatic hydroxyl groups is 1. The minimum Gasteiger partial charge on any atom is -0.507 e. The van der Waals surface area contributed by atoms with E-state index in [-0.39, 0.29) is 16.6 Å². The Morgan fingerprint density at radius 1 is 0.450 bits per heavy atom. The molecule has 60 heavy (non-hydrogen) atoms. The van der Waals surface area contributed by atoms with Crippen molar-refractivity contribution in [3.05, 3.63) is 193 Å². The van der Waals surface area contributed by atoms with Crippen molar-refractivity contribution in [3.8, 4) is 78.6 Å². The lowest BCUT2D eigenvalue weighted by molar-refractivity contribution is 0.446. The highest BCUT2D eigenvalue weighted by Gasteiger charge is 2.30. The van der Waals surface area contributed by atoms with Crippen LogP contribution in [0.15, 0.2) is 182 Å². The molecule has 0 spiro atoms. The summed E-state index contributed by atoms with van der Waals surface area (Å²) in [6.07, 6.45) is 1.84. The summed E-state index contributed by atoms with van der Waals surface area (Å²) in [6, 6.07) is 61.8. The van der Waals surface area contributed by atoms with Crippen LogP contribution in [0.4, 0.5) is 0 Å². The third-order valence-corrected chi connectivity index (χ3v) is 11.5. The molecule has 0 saturated carbocycles. The van der Waals surface area contributed by atoms with Crippen molar-refractivity contribution in [1.82, 2.24) is 14.5 Å². The van der Waals surface area contributed by atoms with E-state index in [0.717, 1.165) is 83.6 Å². The Balaban J connectivity index is 1.43. The average molecular weight is 780 g/mol. The fraction of sp³-hybridized carbons (Fsp3) is 0.143. The van der Waals surface area contributed by atoms with Gasteiger partial charge in [0.25, 0.3) is 0 Å². The second-order valence-corrected chi connectivity index (χ2v) is 17.7. The Hall–Kier alpha value is -7.04. The lowest BCUT2D eigenvalue weighted by Gasteiger charge is -2.28. The van der Waals surface area contributed by atoms with Gasteiger partial charge in [0.05, 0.1) is 28.0 Å². The second kappa shape index (κ2) is 15.3. The molecule has 0 amide bonds. The molecule has 7 aromatic carbocycles. The number of pyridine rings is 1. The van der Waals surface area contributed by atoms with Crippen molar-refractivity contribution in [1.29, 1.82) is 0 Å². The number of nitrogens with zero attached hydrogens (tertiary/aromatic N) is 3. The molecule has 0 fully saturated rings. The van der Waals surface area contributed by atoms with Gasteiger partial charge in [-0.1, -0.05) is 175 Å². The number of para-hydroxylation sites is 2. The number of fused-ring (bicyclic) bond motifs is 1. The predicted octanol–water partition coefficient (Wildman–Crippen LogP) is 14.7. The molecule has 1 N–H and O–H groups in total. The van der Waals surface area contributed by atoms with Crippen LogP contribution in [0.2, 0.25) is 0 Å². The number of aromatic nitrogens is 3. The van der Waals surface area contributed by atoms with Crippen LogP contribution in [0.25, 0.3) is 83.9 Å². The number of benzene rings is 7. The first-order chi connectivity index (χ1) is 29.0. The first-order valence-corrected chi connectivity index (χ1v) is 20.7. The van der Waals surface area contributed by atoms with Gasteiger partial charge in [0.15, 0.2) is 0 Å². The van der Waals surface area contributed by atoms with E-state index in [1.165, 1.54) is 0 Å². The lowest BCUT2D eigenvalue weighted by atomic mass is 9.79. The second-order valence-electron chi connectivity index (χ2n) is 17.7. The topological polar surface area (TPSA) is 50.9 Å². The predicted molar refractivity (Wildman–Crippen MR) is 251 cm³/mol. The summed E-state index contributed by atoms with van der Waals surface area (Å²) in [5.41, 5.74) is 15.4. The van der Waals surface area contributed by atoms with Gasteiger partial charge < -0.3 is 5.11 Å². The van der Waals surface area contributed by atoms with Gasteiger partial charge in [-0.15, -0.1) is 0 Å². The van der Waals surface area contributed by atoms with Crippen LogP contribution in [0.3, 0.4) is 0 Å². The fourth-order valence-corrected chi connectivity index (χ4v) is 8.30. The third kappa shape index (κ3) is 7.20. The van der Waals surface area contributed by atoms with Gasteiger partial charge in [-0.05, 0) is 86.7 Å². The highest BCUT2D eigenvalue weighted by Crippen LogP contribution is 2.47. The molecule has 0 aliphatic rings. The zero-order valence-corrected chi connectivity index (χ0v) is 35.1. The van der Waals surface area contributed by atoms with Gasteiger partial charge in [-0.3, -0.25) is 9.55 Å². The number of imidazole rings is 1. The van der Waals surface area contributed by atoms with E-state index in [4.69, 9.17) is 9.97 Å². The molecule has 4 heteroatoms. The van der Waals surface area contributed by atoms with Gasteiger partial charge >= 0.3 is 0 Å². The van der Waals surface area contributed by atoms with E-state index in [1.807, 2.05) is 24.4 Å². The molecule has 2 heterocycles. The van der Waals surface area contributed by atoms with Crippen LogP contribution in [-0.4, -0.2) is 19.6 Å². The molecule has 9 rings (SSSR count). The van der Waals surface area contributed by atoms with Crippen LogP contribution < -0.4 is 0 Å². The number of phenolic OH excluding ortho intramolecular Hbond substituents is 1. The van der Waals surface area contributed by atoms with Gasteiger partial charge in [0, 0.05) is 34.0 Å². The third-order valence-electron chi connectivity index (χ3n) is 11.5. The van der Waals surface area contributed by atoms with E-state index in [9.17, 15) is 5.11 Å². The molecule has 0 aliphatic carbocycles. The number of phenols is 1. The summed E-state index contributed by atoms with van der Waals surface area (Å²) in [4.78, 5) is 10.5. The Morgan fingerprint density at radius 2 is 1.00 bits per heavy atom. The quantitative estimate of drug-likeness (QED) is 0.175. The first-order valence-electron chi connectivity index (χ1n) is 20.7. The highest BCUT2D eigenvalue weighted by molar-refractivity contribution is 6.00. The molecule has 0 saturated heterocycles. The monoisotopic (exact) mass is 779 g/mol. The Morgan fingerprint density at radius 3 is 1.58 bits per heavy atom. The zero-order valence-electron chi connectivity index (χ0n) is 35.1. The zero-order chi connectivity index (χ0) is 41.6. The summed E-state index contributed by atoms with van der Waals surface area (Å²) in [6.45, 7) is 13.2.